The van der Waals surface area contributed by atoms with Crippen LogP contribution in [0.4, 0.5) is 4.39 Å². The van der Waals surface area contributed by atoms with Crippen molar-refractivity contribution in [3.05, 3.63) is 66.0 Å². The Balaban J connectivity index is 1.47. The molecule has 30 heavy (non-hydrogen) atoms. The van der Waals surface area contributed by atoms with Crippen LogP contribution < -0.4 is 4.74 Å². The Morgan fingerprint density at radius 1 is 1.07 bits per heavy atom. The summed E-state index contributed by atoms with van der Waals surface area (Å²) in [4.78, 5) is 12.0. The number of carbonyl (C=O) groups is 1. The number of halogens is 1. The number of ether oxygens (including phenoxy) is 3. The highest BCUT2D eigenvalue weighted by Gasteiger charge is 2.25. The van der Waals surface area contributed by atoms with Crippen LogP contribution in [0.15, 0.2) is 59.5 Å². The maximum Gasteiger partial charge on any atom is 0.330 e. The van der Waals surface area contributed by atoms with E-state index in [9.17, 15) is 17.6 Å². The van der Waals surface area contributed by atoms with Gasteiger partial charge in [0.05, 0.1) is 18.1 Å². The van der Waals surface area contributed by atoms with Crippen LogP contribution in [0.3, 0.4) is 0 Å². The van der Waals surface area contributed by atoms with E-state index >= 15 is 0 Å². The highest BCUT2D eigenvalue weighted by Crippen LogP contribution is 2.18. The van der Waals surface area contributed by atoms with Crippen molar-refractivity contribution in [3.63, 3.8) is 0 Å². The van der Waals surface area contributed by atoms with Crippen molar-refractivity contribution in [2.45, 2.75) is 4.90 Å². The van der Waals surface area contributed by atoms with E-state index in [2.05, 4.69) is 0 Å². The lowest BCUT2D eigenvalue weighted by molar-refractivity contribution is -0.138. The first-order valence-corrected chi connectivity index (χ1v) is 10.8. The van der Waals surface area contributed by atoms with Crippen molar-refractivity contribution in [3.8, 4) is 5.75 Å². The lowest BCUT2D eigenvalue weighted by atomic mass is 10.2. The molecule has 0 aliphatic carbocycles. The number of benzene rings is 2. The number of hydrogen-bond donors (Lipinski definition) is 0. The number of carbonyl (C=O) groups excluding carboxylic acids is 1. The van der Waals surface area contributed by atoms with E-state index in [1.165, 1.54) is 40.7 Å². The molecule has 1 fully saturated rings. The first kappa shape index (κ1) is 21.9. The molecule has 0 aromatic heterocycles. The Bertz CT molecular complexity index is 985. The molecule has 1 saturated heterocycles. The molecule has 1 aliphatic heterocycles. The number of para-hydroxylation sites is 1. The fourth-order valence-corrected chi connectivity index (χ4v) is 4.16. The van der Waals surface area contributed by atoms with Crippen molar-refractivity contribution in [1.82, 2.24) is 4.31 Å². The zero-order valence-electron chi connectivity index (χ0n) is 16.2. The summed E-state index contributed by atoms with van der Waals surface area (Å²) < 4.78 is 55.3. The van der Waals surface area contributed by atoms with Gasteiger partial charge in [-0.3, -0.25) is 0 Å². The Kier molecular flexibility index (Phi) is 7.56. The van der Waals surface area contributed by atoms with Gasteiger partial charge in [0.25, 0.3) is 0 Å². The predicted molar refractivity (Wildman–Crippen MR) is 108 cm³/mol. The Morgan fingerprint density at radius 2 is 1.77 bits per heavy atom. The third-order valence-electron chi connectivity index (χ3n) is 4.32. The third-order valence-corrected chi connectivity index (χ3v) is 6.23. The fraction of sp³-hybridized carbons (Fsp3) is 0.286. The molecule has 0 saturated carbocycles. The SMILES string of the molecule is O=C(C=Cc1ccc(S(=O)(=O)N2CCOCC2)cc1)OCCOc1ccccc1F. The average Bonchev–Trinajstić information content (AvgIpc) is 2.77. The van der Waals surface area contributed by atoms with Crippen LogP contribution in [-0.2, 0) is 24.3 Å². The van der Waals surface area contributed by atoms with Crippen molar-refractivity contribution >= 4 is 22.1 Å². The van der Waals surface area contributed by atoms with Crippen LogP contribution in [0.5, 0.6) is 5.75 Å². The van der Waals surface area contributed by atoms with Crippen LogP contribution in [0.1, 0.15) is 5.56 Å². The van der Waals surface area contributed by atoms with E-state index in [0.717, 1.165) is 0 Å². The Labute approximate surface area is 174 Å². The van der Waals surface area contributed by atoms with Crippen LogP contribution in [-0.4, -0.2) is 58.2 Å². The molecule has 0 N–H and O–H groups in total. The second-order valence-electron chi connectivity index (χ2n) is 6.37. The highest BCUT2D eigenvalue weighted by atomic mass is 32.2. The number of esters is 1. The van der Waals surface area contributed by atoms with E-state index in [4.69, 9.17) is 14.2 Å². The molecule has 3 rings (SSSR count). The third kappa shape index (κ3) is 5.88. The summed E-state index contributed by atoms with van der Waals surface area (Å²) in [5, 5.41) is 0. The topological polar surface area (TPSA) is 82.1 Å². The first-order valence-electron chi connectivity index (χ1n) is 9.37. The van der Waals surface area contributed by atoms with Crippen molar-refractivity contribution in [2.24, 2.45) is 0 Å². The lowest BCUT2D eigenvalue weighted by Crippen LogP contribution is -2.40. The molecule has 0 spiro atoms. The quantitative estimate of drug-likeness (QED) is 0.360. The van der Waals surface area contributed by atoms with E-state index in [0.29, 0.717) is 31.9 Å². The lowest BCUT2D eigenvalue weighted by Gasteiger charge is -2.26. The first-order chi connectivity index (χ1) is 14.5. The molecular formula is C21H22FNO6S. The second-order valence-corrected chi connectivity index (χ2v) is 8.30. The molecule has 2 aromatic rings. The van der Waals surface area contributed by atoms with Crippen LogP contribution in [0, 0.1) is 5.82 Å². The number of sulfonamides is 1. The monoisotopic (exact) mass is 435 g/mol. The Morgan fingerprint density at radius 3 is 2.47 bits per heavy atom. The fourth-order valence-electron chi connectivity index (χ4n) is 2.75. The van der Waals surface area contributed by atoms with Gasteiger partial charge < -0.3 is 14.2 Å². The number of nitrogens with zero attached hydrogens (tertiary/aromatic N) is 1. The molecule has 2 aromatic carbocycles. The average molecular weight is 435 g/mol. The summed E-state index contributed by atoms with van der Waals surface area (Å²) in [6.45, 7) is 1.41. The minimum atomic E-state index is -3.55. The van der Waals surface area contributed by atoms with Crippen LogP contribution >= 0.6 is 0 Å². The van der Waals surface area contributed by atoms with Crippen molar-refractivity contribution in [2.75, 3.05) is 39.5 Å². The van der Waals surface area contributed by atoms with Crippen molar-refractivity contribution < 1.29 is 31.8 Å². The summed E-state index contributed by atoms with van der Waals surface area (Å²) >= 11 is 0. The van der Waals surface area contributed by atoms with Crippen LogP contribution in [0.2, 0.25) is 0 Å². The van der Waals surface area contributed by atoms with Gasteiger partial charge in [-0.2, -0.15) is 4.31 Å². The molecule has 7 nitrogen and oxygen atoms in total. The molecular weight excluding hydrogens is 413 g/mol. The number of hydrogen-bond acceptors (Lipinski definition) is 6. The maximum absolute atomic E-state index is 13.4. The van der Waals surface area contributed by atoms with Gasteiger partial charge >= 0.3 is 5.97 Å². The normalized spacial score (nSPS) is 15.2. The van der Waals surface area contributed by atoms with Gasteiger partial charge in [0.2, 0.25) is 10.0 Å². The van der Waals surface area contributed by atoms with Gasteiger partial charge in [0.15, 0.2) is 11.6 Å². The molecule has 0 atom stereocenters. The molecule has 0 unspecified atom stereocenters. The smallest absolute Gasteiger partial charge is 0.330 e. The molecule has 0 amide bonds. The largest absolute Gasteiger partial charge is 0.487 e. The predicted octanol–water partition coefficient (Wildman–Crippen LogP) is 2.48. The molecule has 160 valence electrons. The second kappa shape index (κ2) is 10.3. The molecule has 0 radical (unpaired) electrons. The number of morpholine rings is 1. The van der Waals surface area contributed by atoms with Gasteiger partial charge in [0.1, 0.15) is 13.2 Å². The van der Waals surface area contributed by atoms with Crippen LogP contribution in [0.25, 0.3) is 6.08 Å². The molecule has 9 heteroatoms. The number of rotatable bonds is 8. The van der Waals surface area contributed by atoms with E-state index in [1.54, 1.807) is 24.3 Å². The van der Waals surface area contributed by atoms with Gasteiger partial charge in [-0.15, -0.1) is 0 Å². The summed E-state index contributed by atoms with van der Waals surface area (Å²) in [6.07, 6.45) is 2.75. The highest BCUT2D eigenvalue weighted by molar-refractivity contribution is 7.89. The van der Waals surface area contributed by atoms with Gasteiger partial charge in [-0.1, -0.05) is 24.3 Å². The molecule has 0 bridgehead atoms. The van der Waals surface area contributed by atoms with E-state index in [1.807, 2.05) is 0 Å². The minimum absolute atomic E-state index is 0.0224. The van der Waals surface area contributed by atoms with Crippen molar-refractivity contribution in [1.29, 1.82) is 0 Å². The van der Waals surface area contributed by atoms with E-state index < -0.39 is 21.8 Å². The van der Waals surface area contributed by atoms with Gasteiger partial charge in [-0.25, -0.2) is 17.6 Å². The van der Waals surface area contributed by atoms with E-state index in [-0.39, 0.29) is 23.9 Å². The maximum atomic E-state index is 13.4. The summed E-state index contributed by atoms with van der Waals surface area (Å²) in [6, 6.07) is 12.2. The zero-order valence-corrected chi connectivity index (χ0v) is 17.0. The molecule has 1 heterocycles. The molecule has 1 aliphatic rings. The zero-order chi connectivity index (χ0) is 21.4. The Hall–Kier alpha value is -2.75. The summed E-state index contributed by atoms with van der Waals surface area (Å²) in [5.74, 6) is -0.976. The standard InChI is InChI=1S/C21H22FNO6S/c22-19-3-1-2-4-20(19)28-15-16-29-21(24)10-7-17-5-8-18(9-6-17)30(25,26)23-11-13-27-14-12-23/h1-10H,11-16H2. The summed E-state index contributed by atoms with van der Waals surface area (Å²) in [5.41, 5.74) is 0.649. The van der Waals surface area contributed by atoms with Gasteiger partial charge in [-0.05, 0) is 35.9 Å². The summed E-state index contributed by atoms with van der Waals surface area (Å²) in [7, 11) is -3.55. The van der Waals surface area contributed by atoms with Gasteiger partial charge in [0, 0.05) is 19.2 Å². The minimum Gasteiger partial charge on any atom is -0.487 e.